The highest BCUT2D eigenvalue weighted by Crippen LogP contribution is 2.32. The summed E-state index contributed by atoms with van der Waals surface area (Å²) in [7, 11) is 0. The zero-order valence-electron chi connectivity index (χ0n) is 10.8. The Morgan fingerprint density at radius 1 is 1.53 bits per heavy atom. The number of fused-ring (bicyclic) bond motifs is 1. The molecule has 0 aliphatic carbocycles. The third-order valence-electron chi connectivity index (χ3n) is 3.28. The average Bonchev–Trinajstić information content (AvgIpc) is 2.72. The summed E-state index contributed by atoms with van der Waals surface area (Å²) in [6, 6.07) is 1.81. The van der Waals surface area contributed by atoms with Gasteiger partial charge in [-0.2, -0.15) is 4.98 Å². The van der Waals surface area contributed by atoms with Gasteiger partial charge in [-0.15, -0.1) is 11.3 Å². The number of piperazine rings is 1. The summed E-state index contributed by atoms with van der Waals surface area (Å²) in [5, 5.41) is 3.82. The molecule has 0 bridgehead atoms. The lowest BCUT2D eigenvalue weighted by Gasteiger charge is -2.34. The maximum Gasteiger partial charge on any atom is 0.242 e. The Hall–Kier alpha value is -1.89. The average molecular weight is 277 g/mol. The lowest BCUT2D eigenvalue weighted by molar-refractivity contribution is -0.122. The van der Waals surface area contributed by atoms with Crippen LogP contribution < -0.4 is 16.0 Å². The summed E-state index contributed by atoms with van der Waals surface area (Å²) in [5.41, 5.74) is 5.78. The van der Waals surface area contributed by atoms with Crippen molar-refractivity contribution < 1.29 is 4.79 Å². The fraction of sp³-hybridized carbons (Fsp3) is 0.417. The molecule has 3 heterocycles. The molecule has 6 nitrogen and oxygen atoms in total. The number of hydrogen-bond acceptors (Lipinski definition) is 6. The molecule has 1 unspecified atom stereocenters. The number of rotatable bonds is 1. The van der Waals surface area contributed by atoms with Gasteiger partial charge in [-0.3, -0.25) is 4.79 Å². The van der Waals surface area contributed by atoms with Gasteiger partial charge in [0, 0.05) is 18.0 Å². The van der Waals surface area contributed by atoms with Crippen molar-refractivity contribution in [2.45, 2.75) is 19.9 Å². The van der Waals surface area contributed by atoms with Crippen molar-refractivity contribution in [3.05, 3.63) is 10.9 Å². The molecule has 2 aromatic heterocycles. The van der Waals surface area contributed by atoms with Crippen LogP contribution in [0.15, 0.2) is 6.07 Å². The lowest BCUT2D eigenvalue weighted by atomic mass is 10.2. The van der Waals surface area contributed by atoms with Crippen LogP contribution >= 0.6 is 11.3 Å². The number of nitrogens with zero attached hydrogens (tertiary/aromatic N) is 3. The SMILES string of the molecule is Cc1cc2c(N3CCNC(=O)C3C)nc(N)nc2s1. The molecule has 0 spiro atoms. The molecular formula is C12H15N5OS. The molecule has 3 N–H and O–H groups in total. The molecule has 7 heteroatoms. The van der Waals surface area contributed by atoms with Gasteiger partial charge in [0.05, 0.1) is 5.39 Å². The van der Waals surface area contributed by atoms with E-state index < -0.39 is 0 Å². The number of nitrogen functional groups attached to an aromatic ring is 1. The number of nitrogens with two attached hydrogens (primary N) is 1. The van der Waals surface area contributed by atoms with E-state index in [1.807, 2.05) is 24.8 Å². The number of hydrogen-bond donors (Lipinski definition) is 2. The maximum absolute atomic E-state index is 11.8. The predicted molar refractivity (Wildman–Crippen MR) is 76.4 cm³/mol. The Kier molecular flexibility index (Phi) is 2.78. The fourth-order valence-corrected chi connectivity index (χ4v) is 3.21. The van der Waals surface area contributed by atoms with Crippen molar-refractivity contribution in [1.82, 2.24) is 15.3 Å². The van der Waals surface area contributed by atoms with Crippen LogP contribution in [-0.2, 0) is 4.79 Å². The summed E-state index contributed by atoms with van der Waals surface area (Å²) in [5.74, 6) is 1.03. The first-order valence-electron chi connectivity index (χ1n) is 6.14. The zero-order valence-corrected chi connectivity index (χ0v) is 11.6. The molecule has 1 aliphatic heterocycles. The number of amides is 1. The molecule has 0 radical (unpaired) electrons. The van der Waals surface area contributed by atoms with Crippen molar-refractivity contribution in [2.24, 2.45) is 0 Å². The molecule has 0 saturated carbocycles. The van der Waals surface area contributed by atoms with E-state index in [1.165, 1.54) is 0 Å². The highest BCUT2D eigenvalue weighted by molar-refractivity contribution is 7.18. The second kappa shape index (κ2) is 4.34. The van der Waals surface area contributed by atoms with Crippen LogP contribution in [0.1, 0.15) is 11.8 Å². The van der Waals surface area contributed by atoms with Crippen LogP contribution in [0.25, 0.3) is 10.2 Å². The van der Waals surface area contributed by atoms with Crippen LogP contribution in [-0.4, -0.2) is 35.0 Å². The van der Waals surface area contributed by atoms with Gasteiger partial charge in [-0.25, -0.2) is 4.98 Å². The Balaban J connectivity index is 2.15. The Labute approximate surface area is 114 Å². The van der Waals surface area contributed by atoms with Crippen molar-refractivity contribution in [3.8, 4) is 0 Å². The van der Waals surface area contributed by atoms with Gasteiger partial charge >= 0.3 is 0 Å². The van der Waals surface area contributed by atoms with E-state index >= 15 is 0 Å². The molecule has 0 aromatic carbocycles. The van der Waals surface area contributed by atoms with Gasteiger partial charge in [0.15, 0.2) is 0 Å². The van der Waals surface area contributed by atoms with E-state index in [2.05, 4.69) is 15.3 Å². The first-order chi connectivity index (χ1) is 9.06. The smallest absolute Gasteiger partial charge is 0.242 e. The Morgan fingerprint density at radius 2 is 2.32 bits per heavy atom. The van der Waals surface area contributed by atoms with Gasteiger partial charge in [0.1, 0.15) is 16.7 Å². The molecule has 2 aromatic rings. The van der Waals surface area contributed by atoms with Gasteiger partial charge < -0.3 is 16.0 Å². The Morgan fingerprint density at radius 3 is 3.11 bits per heavy atom. The summed E-state index contributed by atoms with van der Waals surface area (Å²) in [6.45, 7) is 5.25. The van der Waals surface area contributed by atoms with Gasteiger partial charge in [-0.05, 0) is 19.9 Å². The van der Waals surface area contributed by atoms with Crippen molar-refractivity contribution in [2.75, 3.05) is 23.7 Å². The minimum absolute atomic E-state index is 0.0172. The van der Waals surface area contributed by atoms with E-state index in [9.17, 15) is 4.79 Å². The molecular weight excluding hydrogens is 262 g/mol. The number of thiophene rings is 1. The molecule has 3 rings (SSSR count). The number of aryl methyl sites for hydroxylation is 1. The van der Waals surface area contributed by atoms with Crippen molar-refractivity contribution >= 4 is 39.2 Å². The van der Waals surface area contributed by atoms with Crippen molar-refractivity contribution in [1.29, 1.82) is 0 Å². The van der Waals surface area contributed by atoms with Gasteiger partial charge in [-0.1, -0.05) is 0 Å². The summed E-state index contributed by atoms with van der Waals surface area (Å²) < 4.78 is 0. The van der Waals surface area contributed by atoms with Crippen LogP contribution in [0.5, 0.6) is 0 Å². The van der Waals surface area contributed by atoms with Crippen LogP contribution in [0, 0.1) is 6.92 Å². The monoisotopic (exact) mass is 277 g/mol. The third kappa shape index (κ3) is 1.99. The number of anilines is 2. The molecule has 1 saturated heterocycles. The molecule has 1 aliphatic rings. The maximum atomic E-state index is 11.8. The second-order valence-electron chi connectivity index (χ2n) is 4.64. The quantitative estimate of drug-likeness (QED) is 0.809. The molecule has 100 valence electrons. The van der Waals surface area contributed by atoms with E-state index in [1.54, 1.807) is 11.3 Å². The van der Waals surface area contributed by atoms with Crippen LogP contribution in [0.3, 0.4) is 0 Å². The number of nitrogens with one attached hydrogen (secondary N) is 1. The molecule has 1 atom stereocenters. The van der Waals surface area contributed by atoms with E-state index in [4.69, 9.17) is 5.73 Å². The van der Waals surface area contributed by atoms with Crippen LogP contribution in [0.2, 0.25) is 0 Å². The summed E-state index contributed by atoms with van der Waals surface area (Å²) in [6.07, 6.45) is 0. The molecule has 1 amide bonds. The number of carbonyl (C=O) groups excluding carboxylic acids is 1. The number of aromatic nitrogens is 2. The first-order valence-corrected chi connectivity index (χ1v) is 6.96. The highest BCUT2D eigenvalue weighted by Gasteiger charge is 2.28. The number of carbonyl (C=O) groups is 1. The minimum Gasteiger partial charge on any atom is -0.368 e. The van der Waals surface area contributed by atoms with Crippen LogP contribution in [0.4, 0.5) is 11.8 Å². The second-order valence-corrected chi connectivity index (χ2v) is 5.88. The third-order valence-corrected chi connectivity index (χ3v) is 4.23. The van der Waals surface area contributed by atoms with E-state index in [0.29, 0.717) is 6.54 Å². The van der Waals surface area contributed by atoms with E-state index in [-0.39, 0.29) is 17.9 Å². The minimum atomic E-state index is -0.244. The topological polar surface area (TPSA) is 84.1 Å². The Bertz CT molecular complexity index is 653. The lowest BCUT2D eigenvalue weighted by Crippen LogP contribution is -2.54. The highest BCUT2D eigenvalue weighted by atomic mass is 32.1. The van der Waals surface area contributed by atoms with Crippen molar-refractivity contribution in [3.63, 3.8) is 0 Å². The normalized spacial score (nSPS) is 19.8. The predicted octanol–water partition coefficient (Wildman–Crippen LogP) is 0.907. The molecule has 1 fully saturated rings. The fourth-order valence-electron chi connectivity index (χ4n) is 2.33. The first kappa shape index (κ1) is 12.2. The van der Waals surface area contributed by atoms with Gasteiger partial charge in [0.2, 0.25) is 11.9 Å². The zero-order chi connectivity index (χ0) is 13.6. The summed E-state index contributed by atoms with van der Waals surface area (Å²) in [4.78, 5) is 24.4. The standard InChI is InChI=1S/C12H15N5OS/c1-6-5-8-9(15-12(13)16-11(8)19-6)17-4-3-14-10(18)7(17)2/h5,7H,3-4H2,1-2H3,(H,14,18)(H2,13,15,16). The van der Waals surface area contributed by atoms with Gasteiger partial charge in [0.25, 0.3) is 0 Å². The largest absolute Gasteiger partial charge is 0.368 e. The summed E-state index contributed by atoms with van der Waals surface area (Å²) >= 11 is 1.59. The van der Waals surface area contributed by atoms with E-state index in [0.717, 1.165) is 27.5 Å². The molecule has 19 heavy (non-hydrogen) atoms.